The molecule has 0 fully saturated rings. The summed E-state index contributed by atoms with van der Waals surface area (Å²) in [5.74, 6) is 0. The number of thiazole rings is 1. The summed E-state index contributed by atoms with van der Waals surface area (Å²) in [7, 11) is 0. The van der Waals surface area contributed by atoms with Gasteiger partial charge in [0.15, 0.2) is 0 Å². The van der Waals surface area contributed by atoms with Crippen molar-refractivity contribution in [2.75, 3.05) is 5.43 Å². The molecule has 0 bridgehead atoms. The molecular formula is C16H11ClN4O2S. The fourth-order valence-electron chi connectivity index (χ4n) is 1.98. The van der Waals surface area contributed by atoms with Crippen molar-refractivity contribution in [1.29, 1.82) is 0 Å². The van der Waals surface area contributed by atoms with Crippen molar-refractivity contribution < 1.29 is 4.92 Å². The zero-order valence-electron chi connectivity index (χ0n) is 12.2. The van der Waals surface area contributed by atoms with Gasteiger partial charge in [0.05, 0.1) is 16.8 Å². The number of anilines is 1. The summed E-state index contributed by atoms with van der Waals surface area (Å²) < 4.78 is 0. The summed E-state index contributed by atoms with van der Waals surface area (Å²) >= 11 is 7.20. The fourth-order valence-corrected chi connectivity index (χ4v) is 2.83. The van der Waals surface area contributed by atoms with Crippen LogP contribution in [0, 0.1) is 10.1 Å². The van der Waals surface area contributed by atoms with Crippen molar-refractivity contribution in [3.05, 3.63) is 74.6 Å². The topological polar surface area (TPSA) is 80.4 Å². The maximum atomic E-state index is 10.9. The Morgan fingerprint density at radius 3 is 2.79 bits per heavy atom. The molecule has 0 unspecified atom stereocenters. The van der Waals surface area contributed by atoms with Gasteiger partial charge in [0, 0.05) is 22.6 Å². The Kier molecular flexibility index (Phi) is 4.83. The van der Waals surface area contributed by atoms with E-state index in [9.17, 15) is 10.1 Å². The quantitative estimate of drug-likeness (QED) is 0.403. The molecular weight excluding hydrogens is 348 g/mol. The minimum Gasteiger partial charge on any atom is -0.258 e. The molecule has 2 aromatic carbocycles. The van der Waals surface area contributed by atoms with Gasteiger partial charge in [-0.25, -0.2) is 4.98 Å². The summed E-state index contributed by atoms with van der Waals surface area (Å²) in [5.41, 5.74) is 5.13. The maximum absolute atomic E-state index is 10.9. The number of hydrogen-bond acceptors (Lipinski definition) is 6. The highest BCUT2D eigenvalue weighted by Crippen LogP contribution is 2.25. The van der Waals surface area contributed by atoms with E-state index in [0.717, 1.165) is 11.3 Å². The van der Waals surface area contributed by atoms with Gasteiger partial charge in [0.1, 0.15) is 5.02 Å². The third-order valence-electron chi connectivity index (χ3n) is 3.11. The first-order valence-corrected chi connectivity index (χ1v) is 8.13. The van der Waals surface area contributed by atoms with E-state index < -0.39 is 4.92 Å². The number of hydrogen-bond donors (Lipinski definition) is 1. The highest BCUT2D eigenvalue weighted by atomic mass is 35.5. The number of rotatable bonds is 5. The molecule has 3 rings (SSSR count). The number of benzene rings is 2. The lowest BCUT2D eigenvalue weighted by Crippen LogP contribution is -1.93. The van der Waals surface area contributed by atoms with Crippen LogP contribution in [0.4, 0.5) is 10.8 Å². The van der Waals surface area contributed by atoms with Crippen molar-refractivity contribution in [3.63, 3.8) is 0 Å². The number of nitrogens with zero attached hydrogens (tertiary/aromatic N) is 3. The number of hydrazone groups is 1. The molecule has 0 aliphatic rings. The van der Waals surface area contributed by atoms with Crippen LogP contribution in [0.25, 0.3) is 11.3 Å². The second-order valence-electron chi connectivity index (χ2n) is 4.74. The molecule has 8 heteroatoms. The van der Waals surface area contributed by atoms with Crippen LogP contribution in [0.3, 0.4) is 0 Å². The zero-order valence-corrected chi connectivity index (χ0v) is 13.8. The number of nitro groups is 1. The van der Waals surface area contributed by atoms with E-state index in [1.807, 2.05) is 35.7 Å². The molecule has 0 radical (unpaired) electrons. The number of aromatic nitrogens is 1. The van der Waals surface area contributed by atoms with Gasteiger partial charge in [-0.15, -0.1) is 11.3 Å². The smallest absolute Gasteiger partial charge is 0.258 e. The summed E-state index contributed by atoms with van der Waals surface area (Å²) in [6, 6.07) is 14.3. The Morgan fingerprint density at radius 1 is 1.25 bits per heavy atom. The molecule has 0 saturated carbocycles. The van der Waals surface area contributed by atoms with E-state index in [4.69, 9.17) is 11.6 Å². The summed E-state index contributed by atoms with van der Waals surface area (Å²) in [6.45, 7) is 0. The predicted molar refractivity (Wildman–Crippen MR) is 96.9 cm³/mol. The molecule has 1 aromatic heterocycles. The second-order valence-corrected chi connectivity index (χ2v) is 6.01. The Morgan fingerprint density at radius 2 is 2.04 bits per heavy atom. The largest absolute Gasteiger partial charge is 0.288 e. The molecule has 0 amide bonds. The fraction of sp³-hybridized carbons (Fsp3) is 0. The van der Waals surface area contributed by atoms with Crippen molar-refractivity contribution in [2.24, 2.45) is 5.10 Å². The lowest BCUT2D eigenvalue weighted by Gasteiger charge is -1.97. The molecule has 3 aromatic rings. The van der Waals surface area contributed by atoms with Crippen LogP contribution < -0.4 is 5.43 Å². The number of nitrogens with one attached hydrogen (secondary N) is 1. The van der Waals surface area contributed by atoms with Crippen LogP contribution in [0.5, 0.6) is 0 Å². The number of halogens is 1. The van der Waals surface area contributed by atoms with Gasteiger partial charge in [-0.05, 0) is 6.07 Å². The molecule has 0 spiro atoms. The van der Waals surface area contributed by atoms with Gasteiger partial charge in [-0.2, -0.15) is 5.10 Å². The molecule has 120 valence electrons. The maximum Gasteiger partial charge on any atom is 0.288 e. The van der Waals surface area contributed by atoms with E-state index in [2.05, 4.69) is 15.5 Å². The normalized spacial score (nSPS) is 10.9. The van der Waals surface area contributed by atoms with Crippen LogP contribution >= 0.6 is 22.9 Å². The molecule has 0 atom stereocenters. The SMILES string of the molecule is O=[N+]([O-])c1cc(/C=N\Nc2nc(-c3ccccc3)cs2)ccc1Cl. The van der Waals surface area contributed by atoms with E-state index in [1.165, 1.54) is 29.7 Å². The van der Waals surface area contributed by atoms with Crippen LogP contribution in [0.15, 0.2) is 59.0 Å². The Hall–Kier alpha value is -2.77. The van der Waals surface area contributed by atoms with Crippen molar-refractivity contribution in [3.8, 4) is 11.3 Å². The van der Waals surface area contributed by atoms with E-state index in [0.29, 0.717) is 10.7 Å². The van der Waals surface area contributed by atoms with Crippen LogP contribution in [0.2, 0.25) is 5.02 Å². The van der Waals surface area contributed by atoms with E-state index in [1.54, 1.807) is 6.07 Å². The van der Waals surface area contributed by atoms with Crippen molar-refractivity contribution >= 4 is 40.0 Å². The molecule has 1 heterocycles. The van der Waals surface area contributed by atoms with Gasteiger partial charge >= 0.3 is 0 Å². The molecule has 24 heavy (non-hydrogen) atoms. The first-order valence-electron chi connectivity index (χ1n) is 6.87. The third-order valence-corrected chi connectivity index (χ3v) is 4.18. The van der Waals surface area contributed by atoms with Crippen LogP contribution in [-0.4, -0.2) is 16.1 Å². The zero-order chi connectivity index (χ0) is 16.9. The average molecular weight is 359 g/mol. The summed E-state index contributed by atoms with van der Waals surface area (Å²) in [5, 5.41) is 17.6. The molecule has 0 saturated heterocycles. The van der Waals surface area contributed by atoms with Gasteiger partial charge in [-0.1, -0.05) is 48.0 Å². The molecule has 6 nitrogen and oxygen atoms in total. The molecule has 0 aliphatic carbocycles. The Bertz CT molecular complexity index is 896. The van der Waals surface area contributed by atoms with Gasteiger partial charge in [-0.3, -0.25) is 15.5 Å². The van der Waals surface area contributed by atoms with E-state index in [-0.39, 0.29) is 10.7 Å². The minimum absolute atomic E-state index is 0.0949. The Labute approximate surface area is 146 Å². The van der Waals surface area contributed by atoms with Crippen LogP contribution in [0.1, 0.15) is 5.56 Å². The Balaban J connectivity index is 1.70. The minimum atomic E-state index is -0.528. The standard InChI is InChI=1S/C16H11ClN4O2S/c17-13-7-6-11(8-15(13)21(22)23)9-18-20-16-19-14(10-24-16)12-4-2-1-3-5-12/h1-10H,(H,19,20)/b18-9-. The highest BCUT2D eigenvalue weighted by Gasteiger charge is 2.11. The average Bonchev–Trinajstić information content (AvgIpc) is 3.06. The lowest BCUT2D eigenvalue weighted by atomic mass is 10.2. The van der Waals surface area contributed by atoms with Gasteiger partial charge in [0.25, 0.3) is 5.69 Å². The van der Waals surface area contributed by atoms with Crippen molar-refractivity contribution in [2.45, 2.75) is 0 Å². The van der Waals surface area contributed by atoms with Crippen molar-refractivity contribution in [1.82, 2.24) is 4.98 Å². The predicted octanol–water partition coefficient (Wildman–Crippen LogP) is 4.82. The second kappa shape index (κ2) is 7.20. The molecule has 0 aliphatic heterocycles. The first kappa shape index (κ1) is 16.1. The lowest BCUT2D eigenvalue weighted by molar-refractivity contribution is -0.384. The summed E-state index contributed by atoms with van der Waals surface area (Å²) in [6.07, 6.45) is 1.48. The highest BCUT2D eigenvalue weighted by molar-refractivity contribution is 7.14. The monoisotopic (exact) mass is 358 g/mol. The molecule has 1 N–H and O–H groups in total. The third kappa shape index (κ3) is 3.76. The van der Waals surface area contributed by atoms with Crippen LogP contribution in [-0.2, 0) is 0 Å². The van der Waals surface area contributed by atoms with Gasteiger partial charge in [0.2, 0.25) is 5.13 Å². The van der Waals surface area contributed by atoms with Gasteiger partial charge < -0.3 is 0 Å². The van der Waals surface area contributed by atoms with E-state index >= 15 is 0 Å². The summed E-state index contributed by atoms with van der Waals surface area (Å²) in [4.78, 5) is 14.8. The first-order chi connectivity index (χ1) is 11.6. The number of nitro benzene ring substituents is 1.